The molecule has 1 saturated carbocycles. The summed E-state index contributed by atoms with van der Waals surface area (Å²) in [6, 6.07) is 2.33. The molecule has 4 rings (SSSR count). The second-order valence-electron chi connectivity index (χ2n) is 6.93. The predicted octanol–water partition coefficient (Wildman–Crippen LogP) is 2.96. The molecule has 0 spiro atoms. The summed E-state index contributed by atoms with van der Waals surface area (Å²) in [5.74, 6) is 0.427. The zero-order chi connectivity index (χ0) is 16.5. The summed E-state index contributed by atoms with van der Waals surface area (Å²) in [6.45, 7) is 3.80. The van der Waals surface area contributed by atoms with Crippen molar-refractivity contribution in [3.8, 4) is 0 Å². The van der Waals surface area contributed by atoms with Crippen LogP contribution in [0.2, 0.25) is 0 Å². The Labute approximate surface area is 153 Å². The van der Waals surface area contributed by atoms with Gasteiger partial charge in [0.05, 0.1) is 16.6 Å². The molecule has 1 amide bonds. The van der Waals surface area contributed by atoms with Crippen LogP contribution < -0.4 is 10.6 Å². The lowest BCUT2D eigenvalue weighted by Crippen LogP contribution is -2.37. The number of amides is 1. The highest BCUT2D eigenvalue weighted by Gasteiger charge is 2.29. The number of fused-ring (bicyclic) bond motifs is 1. The molecule has 2 aromatic heterocycles. The fourth-order valence-electron chi connectivity index (χ4n) is 3.45. The maximum Gasteiger partial charge on any atom is 0.259 e. The molecule has 1 aliphatic heterocycles. The fraction of sp³-hybridized carbons (Fsp3) is 0.611. The molecule has 2 aromatic rings. The van der Waals surface area contributed by atoms with Crippen LogP contribution in [0.5, 0.6) is 0 Å². The Morgan fingerprint density at radius 3 is 2.92 bits per heavy atom. The predicted molar refractivity (Wildman–Crippen MR) is 98.4 cm³/mol. The van der Waals surface area contributed by atoms with Crippen molar-refractivity contribution in [2.24, 2.45) is 0 Å². The Morgan fingerprint density at radius 1 is 1.40 bits per heavy atom. The van der Waals surface area contributed by atoms with Crippen molar-refractivity contribution in [2.75, 3.05) is 13.1 Å². The number of hydrogen-bond donors (Lipinski definition) is 2. The first-order chi connectivity index (χ1) is 11.8. The Morgan fingerprint density at radius 2 is 2.24 bits per heavy atom. The minimum atomic E-state index is -0.0430. The largest absolute Gasteiger partial charge is 0.350 e. The zero-order valence-corrected chi connectivity index (χ0v) is 15.3. The van der Waals surface area contributed by atoms with Gasteiger partial charge in [0, 0.05) is 24.2 Å². The van der Waals surface area contributed by atoms with E-state index in [-0.39, 0.29) is 18.3 Å². The second-order valence-corrected chi connectivity index (χ2v) is 6.93. The van der Waals surface area contributed by atoms with Gasteiger partial charge >= 0.3 is 0 Å². The summed E-state index contributed by atoms with van der Waals surface area (Å²) >= 11 is 0. The molecule has 2 N–H and O–H groups in total. The zero-order valence-electron chi connectivity index (χ0n) is 14.5. The molecule has 25 heavy (non-hydrogen) atoms. The van der Waals surface area contributed by atoms with Gasteiger partial charge < -0.3 is 15.2 Å². The monoisotopic (exact) mass is 364 g/mol. The molecular weight excluding hydrogens is 340 g/mol. The van der Waals surface area contributed by atoms with E-state index < -0.39 is 0 Å². The number of nitrogens with one attached hydrogen (secondary N) is 2. The Hall–Kier alpha value is -1.66. The molecule has 1 atom stereocenters. The highest BCUT2D eigenvalue weighted by atomic mass is 35.5. The SMILES string of the molecule is CCCc1noc2nc(C3CC3)cc(C(=O)NCC3CCCN3)c12.Cl. The van der Waals surface area contributed by atoms with E-state index in [2.05, 4.69) is 27.7 Å². The lowest BCUT2D eigenvalue weighted by Gasteiger charge is -2.12. The number of carbonyl (C=O) groups excluding carboxylic acids is 1. The van der Waals surface area contributed by atoms with E-state index >= 15 is 0 Å². The number of carbonyl (C=O) groups is 1. The van der Waals surface area contributed by atoms with Crippen molar-refractivity contribution in [3.63, 3.8) is 0 Å². The van der Waals surface area contributed by atoms with E-state index in [1.807, 2.05) is 6.07 Å². The molecule has 3 heterocycles. The van der Waals surface area contributed by atoms with E-state index in [4.69, 9.17) is 4.52 Å². The Kier molecular flexibility index (Phi) is 5.59. The molecule has 2 fully saturated rings. The summed E-state index contributed by atoms with van der Waals surface area (Å²) < 4.78 is 5.44. The number of aromatic nitrogens is 2. The van der Waals surface area contributed by atoms with Crippen LogP contribution in [0.15, 0.2) is 10.6 Å². The number of pyridine rings is 1. The van der Waals surface area contributed by atoms with Gasteiger partial charge in [0.1, 0.15) is 0 Å². The normalized spacial score (nSPS) is 19.8. The average molecular weight is 365 g/mol. The van der Waals surface area contributed by atoms with Crippen LogP contribution in [0, 0.1) is 0 Å². The molecule has 1 saturated heterocycles. The van der Waals surface area contributed by atoms with Gasteiger partial charge in [0.25, 0.3) is 11.6 Å². The third kappa shape index (κ3) is 3.80. The van der Waals surface area contributed by atoms with Gasteiger partial charge in [-0.15, -0.1) is 12.4 Å². The van der Waals surface area contributed by atoms with Gasteiger partial charge in [0.2, 0.25) is 0 Å². The molecule has 1 aliphatic carbocycles. The minimum absolute atomic E-state index is 0. The van der Waals surface area contributed by atoms with E-state index in [9.17, 15) is 4.79 Å². The van der Waals surface area contributed by atoms with Gasteiger partial charge in [-0.2, -0.15) is 0 Å². The van der Waals surface area contributed by atoms with E-state index in [1.165, 1.54) is 6.42 Å². The molecule has 0 bridgehead atoms. The van der Waals surface area contributed by atoms with Crippen molar-refractivity contribution >= 4 is 29.4 Å². The Balaban J connectivity index is 0.00000182. The molecule has 7 heteroatoms. The topological polar surface area (TPSA) is 80.0 Å². The lowest BCUT2D eigenvalue weighted by molar-refractivity contribution is 0.0951. The minimum Gasteiger partial charge on any atom is -0.350 e. The van der Waals surface area contributed by atoms with E-state index in [1.54, 1.807) is 0 Å². The van der Waals surface area contributed by atoms with Gasteiger partial charge in [-0.3, -0.25) is 4.79 Å². The van der Waals surface area contributed by atoms with Crippen LogP contribution in [-0.2, 0) is 6.42 Å². The first-order valence-electron chi connectivity index (χ1n) is 9.07. The lowest BCUT2D eigenvalue weighted by atomic mass is 10.0. The van der Waals surface area contributed by atoms with E-state index in [0.29, 0.717) is 29.8 Å². The standard InChI is InChI=1S/C18H24N4O2.ClH/c1-2-4-14-16-13(17(23)20-10-12-5-3-8-19-12)9-15(11-6-7-11)21-18(16)24-22-14;/h9,11-12,19H,2-8,10H2,1H3,(H,20,23);1H. The summed E-state index contributed by atoms with van der Waals surface area (Å²) in [5, 5.41) is 11.4. The van der Waals surface area contributed by atoms with Crippen LogP contribution in [-0.4, -0.2) is 35.2 Å². The molecule has 2 aliphatic rings. The van der Waals surface area contributed by atoms with Gasteiger partial charge in [-0.1, -0.05) is 18.5 Å². The second kappa shape index (κ2) is 7.70. The third-order valence-corrected chi connectivity index (χ3v) is 4.94. The molecular formula is C18H25ClN4O2. The van der Waals surface area contributed by atoms with Gasteiger partial charge in [-0.05, 0) is 44.7 Å². The summed E-state index contributed by atoms with van der Waals surface area (Å²) in [4.78, 5) is 17.4. The molecule has 6 nitrogen and oxygen atoms in total. The number of nitrogens with zero attached hydrogens (tertiary/aromatic N) is 2. The molecule has 0 aromatic carbocycles. The first kappa shape index (κ1) is 18.1. The molecule has 1 unspecified atom stereocenters. The van der Waals surface area contributed by atoms with E-state index in [0.717, 1.165) is 55.4 Å². The first-order valence-corrected chi connectivity index (χ1v) is 9.07. The van der Waals surface area contributed by atoms with Crippen molar-refractivity contribution in [1.82, 2.24) is 20.8 Å². The van der Waals surface area contributed by atoms with Crippen LogP contribution in [0.4, 0.5) is 0 Å². The number of hydrogen-bond acceptors (Lipinski definition) is 5. The van der Waals surface area contributed by atoms with Crippen molar-refractivity contribution < 1.29 is 9.32 Å². The summed E-state index contributed by atoms with van der Waals surface area (Å²) in [6.07, 6.45) is 6.33. The van der Waals surface area contributed by atoms with Gasteiger partial charge in [-0.25, -0.2) is 4.98 Å². The quantitative estimate of drug-likeness (QED) is 0.823. The maximum atomic E-state index is 12.8. The average Bonchev–Trinajstić information content (AvgIpc) is 3.17. The summed E-state index contributed by atoms with van der Waals surface area (Å²) in [7, 11) is 0. The Bertz CT molecular complexity index is 751. The fourth-order valence-corrected chi connectivity index (χ4v) is 3.45. The highest BCUT2D eigenvalue weighted by Crippen LogP contribution is 2.40. The number of halogens is 1. The van der Waals surface area contributed by atoms with Crippen LogP contribution in [0.3, 0.4) is 0 Å². The summed E-state index contributed by atoms with van der Waals surface area (Å²) in [5.41, 5.74) is 2.98. The van der Waals surface area contributed by atoms with Crippen molar-refractivity contribution in [2.45, 2.75) is 57.4 Å². The van der Waals surface area contributed by atoms with Crippen LogP contribution in [0.1, 0.15) is 66.7 Å². The maximum absolute atomic E-state index is 12.8. The molecule has 136 valence electrons. The van der Waals surface area contributed by atoms with Crippen LogP contribution >= 0.6 is 12.4 Å². The number of rotatable bonds is 6. The van der Waals surface area contributed by atoms with Crippen LogP contribution in [0.25, 0.3) is 11.1 Å². The number of aryl methyl sites for hydroxylation is 1. The third-order valence-electron chi connectivity index (χ3n) is 4.94. The smallest absolute Gasteiger partial charge is 0.259 e. The highest BCUT2D eigenvalue weighted by molar-refractivity contribution is 6.06. The van der Waals surface area contributed by atoms with Gasteiger partial charge in [0.15, 0.2) is 0 Å². The molecule has 0 radical (unpaired) electrons. The van der Waals surface area contributed by atoms with Crippen molar-refractivity contribution in [3.05, 3.63) is 23.0 Å². The van der Waals surface area contributed by atoms with Crippen molar-refractivity contribution in [1.29, 1.82) is 0 Å².